The van der Waals surface area contributed by atoms with E-state index in [-0.39, 0.29) is 17.2 Å². The molecule has 144 valence electrons. The summed E-state index contributed by atoms with van der Waals surface area (Å²) < 4.78 is 3.96. The van der Waals surface area contributed by atoms with E-state index in [4.69, 9.17) is 5.10 Å². The van der Waals surface area contributed by atoms with Crippen LogP contribution in [0.4, 0.5) is 0 Å². The Balaban J connectivity index is 1.56. The minimum Gasteiger partial charge on any atom is -0.327 e. The number of fused-ring (bicyclic) bond motifs is 1. The van der Waals surface area contributed by atoms with Gasteiger partial charge in [0.2, 0.25) is 0 Å². The van der Waals surface area contributed by atoms with Gasteiger partial charge < -0.3 is 9.47 Å². The third-order valence-electron chi connectivity index (χ3n) is 5.11. The second-order valence-electron chi connectivity index (χ2n) is 7.01. The predicted octanol–water partition coefficient (Wildman–Crippen LogP) is 2.21. The monoisotopic (exact) mass is 386 g/mol. The van der Waals surface area contributed by atoms with Gasteiger partial charge in [0.25, 0.3) is 11.5 Å². The number of H-pyrrole nitrogens is 1. The molecule has 5 rings (SSSR count). The minimum atomic E-state index is -0.337. The van der Waals surface area contributed by atoms with E-state index in [9.17, 15) is 9.59 Å². The van der Waals surface area contributed by atoms with E-state index in [1.54, 1.807) is 4.90 Å². The number of para-hydroxylation sites is 1. The average molecular weight is 386 g/mol. The molecule has 0 saturated heterocycles. The molecule has 1 aliphatic heterocycles. The minimum absolute atomic E-state index is 0.212. The molecular weight excluding hydrogens is 368 g/mol. The fourth-order valence-corrected chi connectivity index (χ4v) is 3.68. The molecule has 29 heavy (non-hydrogen) atoms. The van der Waals surface area contributed by atoms with Gasteiger partial charge in [-0.3, -0.25) is 9.59 Å². The lowest BCUT2D eigenvalue weighted by atomic mass is 10.2. The molecule has 0 spiro atoms. The van der Waals surface area contributed by atoms with Crippen molar-refractivity contribution in [2.24, 2.45) is 0 Å². The summed E-state index contributed by atoms with van der Waals surface area (Å²) in [7, 11) is 0. The average Bonchev–Trinajstić information content (AvgIpc) is 3.44. The number of hydrogen-bond donors (Lipinski definition) is 1. The van der Waals surface area contributed by atoms with Gasteiger partial charge in [0.1, 0.15) is 11.5 Å². The first-order valence-corrected chi connectivity index (χ1v) is 9.27. The molecule has 0 atom stereocenters. The van der Waals surface area contributed by atoms with E-state index in [2.05, 4.69) is 23.2 Å². The van der Waals surface area contributed by atoms with Crippen molar-refractivity contribution in [3.63, 3.8) is 0 Å². The van der Waals surface area contributed by atoms with Crippen LogP contribution in [0, 0.1) is 6.92 Å². The number of aryl methyl sites for hydroxylation is 1. The maximum absolute atomic E-state index is 12.8. The first kappa shape index (κ1) is 17.2. The normalized spacial score (nSPS) is 12.9. The molecule has 1 amide bonds. The molecule has 8 heteroatoms. The highest BCUT2D eigenvalue weighted by molar-refractivity contribution is 5.92. The first-order chi connectivity index (χ1) is 14.1. The summed E-state index contributed by atoms with van der Waals surface area (Å²) in [6.07, 6.45) is 3.94. The van der Waals surface area contributed by atoms with E-state index in [1.165, 1.54) is 12.1 Å². The fourth-order valence-electron chi connectivity index (χ4n) is 3.68. The van der Waals surface area contributed by atoms with Crippen LogP contribution in [0.5, 0.6) is 0 Å². The summed E-state index contributed by atoms with van der Waals surface area (Å²) in [4.78, 5) is 25.7. The summed E-state index contributed by atoms with van der Waals surface area (Å²) in [5.41, 5.74) is 3.86. The van der Waals surface area contributed by atoms with Crippen LogP contribution in [0.2, 0.25) is 0 Å². The second kappa shape index (κ2) is 6.59. The molecule has 1 N–H and O–H groups in total. The van der Waals surface area contributed by atoms with Crippen molar-refractivity contribution in [2.45, 2.75) is 20.0 Å². The Kier molecular flexibility index (Phi) is 3.90. The van der Waals surface area contributed by atoms with Crippen LogP contribution in [0.3, 0.4) is 0 Å². The molecule has 4 heterocycles. The number of amides is 1. The Hall–Kier alpha value is -3.94. The molecule has 8 nitrogen and oxygen atoms in total. The summed E-state index contributed by atoms with van der Waals surface area (Å²) >= 11 is 0. The van der Waals surface area contributed by atoms with Crippen LogP contribution in [0.25, 0.3) is 11.5 Å². The van der Waals surface area contributed by atoms with Gasteiger partial charge in [-0.1, -0.05) is 18.2 Å². The number of aromatic amines is 1. The maximum atomic E-state index is 12.8. The number of nitrogens with one attached hydrogen (secondary N) is 1. The number of carbonyl (C=O) groups excluding carboxylic acids is 1. The molecule has 0 saturated carbocycles. The Labute approximate surface area is 166 Å². The summed E-state index contributed by atoms with van der Waals surface area (Å²) in [5, 5.41) is 11.0. The lowest BCUT2D eigenvalue weighted by Crippen LogP contribution is -2.28. The smallest absolute Gasteiger partial charge is 0.274 e. The van der Waals surface area contributed by atoms with E-state index in [0.29, 0.717) is 13.1 Å². The van der Waals surface area contributed by atoms with E-state index in [1.807, 2.05) is 52.0 Å². The molecule has 3 aromatic heterocycles. The van der Waals surface area contributed by atoms with Gasteiger partial charge in [-0.15, -0.1) is 0 Å². The zero-order chi connectivity index (χ0) is 20.0. The van der Waals surface area contributed by atoms with Crippen LogP contribution in [-0.2, 0) is 13.1 Å². The largest absolute Gasteiger partial charge is 0.327 e. The van der Waals surface area contributed by atoms with Gasteiger partial charge >= 0.3 is 0 Å². The van der Waals surface area contributed by atoms with Crippen molar-refractivity contribution in [3.05, 3.63) is 93.8 Å². The quantitative estimate of drug-likeness (QED) is 0.585. The summed E-state index contributed by atoms with van der Waals surface area (Å²) in [6.45, 7) is 2.87. The van der Waals surface area contributed by atoms with Gasteiger partial charge in [-0.05, 0) is 36.8 Å². The SMILES string of the molecule is Cc1ccccc1-n1nc2c(c1-n1cccc1)CN(C(=O)c1ccc(=O)[nH]n1)C2. The Morgan fingerprint density at radius 1 is 1.03 bits per heavy atom. The molecule has 0 aliphatic carbocycles. The third-order valence-corrected chi connectivity index (χ3v) is 5.11. The number of rotatable bonds is 3. The molecule has 0 radical (unpaired) electrons. The standard InChI is InChI=1S/C21H18N6O2/c1-14-6-2-3-7-18(14)27-20(25-10-4-5-11-25)15-12-26(13-17(15)24-27)21(29)16-8-9-19(28)23-22-16/h2-11H,12-13H2,1H3,(H,23,28). The van der Waals surface area contributed by atoms with Crippen LogP contribution in [-0.4, -0.2) is 35.4 Å². The Morgan fingerprint density at radius 3 is 2.55 bits per heavy atom. The highest BCUT2D eigenvalue weighted by Crippen LogP contribution is 2.31. The highest BCUT2D eigenvalue weighted by atomic mass is 16.2. The van der Waals surface area contributed by atoms with Gasteiger partial charge in [0.15, 0.2) is 0 Å². The van der Waals surface area contributed by atoms with Crippen LogP contribution < -0.4 is 5.56 Å². The number of hydrogen-bond acceptors (Lipinski definition) is 4. The van der Waals surface area contributed by atoms with Crippen LogP contribution in [0.15, 0.2) is 65.7 Å². The molecule has 0 bridgehead atoms. The van der Waals surface area contributed by atoms with E-state index < -0.39 is 0 Å². The Morgan fingerprint density at radius 2 is 1.83 bits per heavy atom. The molecule has 4 aromatic rings. The van der Waals surface area contributed by atoms with Crippen molar-refractivity contribution in [1.82, 2.24) is 29.4 Å². The molecular formula is C21H18N6O2. The molecule has 1 aliphatic rings. The third kappa shape index (κ3) is 2.85. The number of benzene rings is 1. The lowest BCUT2D eigenvalue weighted by Gasteiger charge is -2.17. The van der Waals surface area contributed by atoms with Crippen molar-refractivity contribution in [3.8, 4) is 11.5 Å². The van der Waals surface area contributed by atoms with Gasteiger partial charge in [0.05, 0.1) is 24.5 Å². The fraction of sp³-hybridized carbons (Fsp3) is 0.143. The number of nitrogens with zero attached hydrogens (tertiary/aromatic N) is 5. The van der Waals surface area contributed by atoms with Crippen molar-refractivity contribution < 1.29 is 4.79 Å². The van der Waals surface area contributed by atoms with Gasteiger partial charge in [-0.25, -0.2) is 9.78 Å². The summed E-state index contributed by atoms with van der Waals surface area (Å²) in [6, 6.07) is 14.8. The van der Waals surface area contributed by atoms with Crippen molar-refractivity contribution in [1.29, 1.82) is 0 Å². The second-order valence-corrected chi connectivity index (χ2v) is 7.01. The van der Waals surface area contributed by atoms with Gasteiger partial charge in [-0.2, -0.15) is 10.2 Å². The maximum Gasteiger partial charge on any atom is 0.274 e. The predicted molar refractivity (Wildman–Crippen MR) is 106 cm³/mol. The lowest BCUT2D eigenvalue weighted by molar-refractivity contribution is 0.0742. The van der Waals surface area contributed by atoms with Crippen LogP contribution in [0.1, 0.15) is 27.3 Å². The van der Waals surface area contributed by atoms with Crippen LogP contribution >= 0.6 is 0 Å². The zero-order valence-electron chi connectivity index (χ0n) is 15.7. The topological polar surface area (TPSA) is 88.8 Å². The molecule has 0 unspecified atom stereocenters. The first-order valence-electron chi connectivity index (χ1n) is 9.27. The number of aromatic nitrogens is 5. The molecule has 0 fully saturated rings. The van der Waals surface area contributed by atoms with E-state index >= 15 is 0 Å². The summed E-state index contributed by atoms with van der Waals surface area (Å²) in [5.74, 6) is 0.684. The van der Waals surface area contributed by atoms with Gasteiger partial charge in [0, 0.05) is 24.0 Å². The van der Waals surface area contributed by atoms with Crippen molar-refractivity contribution >= 4 is 5.91 Å². The Bertz CT molecular complexity index is 1250. The highest BCUT2D eigenvalue weighted by Gasteiger charge is 2.32. The molecule has 1 aromatic carbocycles. The van der Waals surface area contributed by atoms with E-state index in [0.717, 1.165) is 28.3 Å². The number of carbonyl (C=O) groups is 1. The van der Waals surface area contributed by atoms with Crippen molar-refractivity contribution in [2.75, 3.05) is 0 Å². The zero-order valence-corrected chi connectivity index (χ0v) is 15.7.